The third kappa shape index (κ3) is 2.73. The second-order valence-corrected chi connectivity index (χ2v) is 6.28. The van der Waals surface area contributed by atoms with Crippen molar-refractivity contribution in [2.75, 3.05) is 11.9 Å². The molecule has 0 spiro atoms. The van der Waals surface area contributed by atoms with Gasteiger partial charge in [0.05, 0.1) is 12.5 Å². The molecule has 4 rings (SSSR count). The fourth-order valence-corrected chi connectivity index (χ4v) is 3.18. The van der Waals surface area contributed by atoms with Gasteiger partial charge < -0.3 is 15.2 Å². The maximum Gasteiger partial charge on any atom is 0.307 e. The molecule has 1 aliphatic carbocycles. The number of carbonyl (C=O) groups excluding carboxylic acids is 1. The van der Waals surface area contributed by atoms with Gasteiger partial charge in [0.15, 0.2) is 0 Å². The van der Waals surface area contributed by atoms with Crippen LogP contribution in [0.2, 0.25) is 0 Å². The molecule has 0 radical (unpaired) electrons. The molecule has 24 heavy (non-hydrogen) atoms. The van der Waals surface area contributed by atoms with Crippen LogP contribution >= 0.6 is 0 Å². The third-order valence-electron chi connectivity index (χ3n) is 4.66. The summed E-state index contributed by atoms with van der Waals surface area (Å²) in [4.78, 5) is 23.3. The van der Waals surface area contributed by atoms with Gasteiger partial charge in [-0.25, -0.2) is 0 Å². The number of fused-ring (bicyclic) bond motifs is 1. The van der Waals surface area contributed by atoms with Crippen LogP contribution in [0, 0.1) is 5.92 Å². The topological polar surface area (TPSA) is 75.6 Å². The van der Waals surface area contributed by atoms with Crippen molar-refractivity contribution in [2.45, 2.75) is 18.8 Å². The lowest BCUT2D eigenvalue weighted by Crippen LogP contribution is -2.12. The Morgan fingerprint density at radius 2 is 1.92 bits per heavy atom. The number of carboxylic acid groups (broad SMARTS) is 1. The first-order valence-corrected chi connectivity index (χ1v) is 8.01. The molecular weight excluding hydrogens is 306 g/mol. The van der Waals surface area contributed by atoms with E-state index in [9.17, 15) is 9.59 Å². The van der Waals surface area contributed by atoms with Crippen molar-refractivity contribution in [1.82, 2.24) is 0 Å². The predicted octanol–water partition coefficient (Wildman–Crippen LogP) is 3.06. The minimum atomic E-state index is -0.738. The molecule has 1 aliphatic heterocycles. The van der Waals surface area contributed by atoms with Crippen molar-refractivity contribution in [2.24, 2.45) is 5.92 Å². The van der Waals surface area contributed by atoms with Gasteiger partial charge in [0.25, 0.3) is 5.91 Å². The van der Waals surface area contributed by atoms with E-state index in [-0.39, 0.29) is 17.7 Å². The van der Waals surface area contributed by atoms with Crippen LogP contribution in [0.5, 0.6) is 5.75 Å². The van der Waals surface area contributed by atoms with Gasteiger partial charge in [0.1, 0.15) is 5.75 Å². The molecule has 122 valence electrons. The average molecular weight is 323 g/mol. The van der Waals surface area contributed by atoms with Crippen LogP contribution in [-0.4, -0.2) is 23.6 Å². The van der Waals surface area contributed by atoms with Gasteiger partial charge in [-0.05, 0) is 53.8 Å². The highest BCUT2D eigenvalue weighted by molar-refractivity contribution is 6.04. The molecule has 1 saturated carbocycles. The van der Waals surface area contributed by atoms with Crippen LogP contribution in [0.4, 0.5) is 5.69 Å². The standard InChI is InChI=1S/C19H17NO4/c21-18(13-3-6-17-12(9-13)7-8-24-17)20-14-4-1-11(2-5-14)15-10-16(15)19(22)23/h1-6,9,15-16H,7-8,10H2,(H,20,21)(H,22,23)/t15-,16+/m0/s1. The summed E-state index contributed by atoms with van der Waals surface area (Å²) in [6.07, 6.45) is 1.52. The molecule has 0 unspecified atom stereocenters. The third-order valence-corrected chi connectivity index (χ3v) is 4.66. The smallest absolute Gasteiger partial charge is 0.307 e. The van der Waals surface area contributed by atoms with Crippen molar-refractivity contribution in [3.63, 3.8) is 0 Å². The van der Waals surface area contributed by atoms with E-state index < -0.39 is 5.97 Å². The Morgan fingerprint density at radius 3 is 2.62 bits per heavy atom. The quantitative estimate of drug-likeness (QED) is 0.907. The second kappa shape index (κ2) is 5.67. The van der Waals surface area contributed by atoms with E-state index in [0.29, 0.717) is 24.3 Å². The second-order valence-electron chi connectivity index (χ2n) is 6.28. The Balaban J connectivity index is 1.43. The SMILES string of the molecule is O=C(Nc1ccc([C@@H]2C[C@H]2C(=O)O)cc1)c1ccc2c(c1)CCO2. The molecule has 2 aromatic rings. The first kappa shape index (κ1) is 14.8. The van der Waals surface area contributed by atoms with Gasteiger partial charge in [-0.1, -0.05) is 12.1 Å². The average Bonchev–Trinajstić information content (AvgIpc) is 3.25. The monoisotopic (exact) mass is 323 g/mol. The molecule has 0 aromatic heterocycles. The number of hydrogen-bond acceptors (Lipinski definition) is 3. The maximum atomic E-state index is 12.4. The lowest BCUT2D eigenvalue weighted by Gasteiger charge is -2.07. The molecule has 5 nitrogen and oxygen atoms in total. The number of rotatable bonds is 4. The van der Waals surface area contributed by atoms with Gasteiger partial charge in [-0.15, -0.1) is 0 Å². The predicted molar refractivity (Wildman–Crippen MR) is 88.5 cm³/mol. The Bertz CT molecular complexity index is 813. The summed E-state index contributed by atoms with van der Waals surface area (Å²) in [5, 5.41) is 11.9. The molecule has 2 atom stereocenters. The number of carboxylic acids is 1. The van der Waals surface area contributed by atoms with Gasteiger partial charge in [0.2, 0.25) is 0 Å². The molecular formula is C19H17NO4. The van der Waals surface area contributed by atoms with E-state index in [1.54, 1.807) is 6.07 Å². The van der Waals surface area contributed by atoms with Gasteiger partial charge in [-0.2, -0.15) is 0 Å². The Kier molecular flexibility index (Phi) is 3.49. The van der Waals surface area contributed by atoms with E-state index in [0.717, 1.165) is 23.3 Å². The van der Waals surface area contributed by atoms with Crippen molar-refractivity contribution in [3.8, 4) is 5.75 Å². The minimum Gasteiger partial charge on any atom is -0.493 e. The number of nitrogens with one attached hydrogen (secondary N) is 1. The van der Waals surface area contributed by atoms with Crippen LogP contribution < -0.4 is 10.1 Å². The van der Waals surface area contributed by atoms with E-state index in [1.807, 2.05) is 36.4 Å². The molecule has 1 amide bonds. The summed E-state index contributed by atoms with van der Waals surface area (Å²) >= 11 is 0. The highest BCUT2D eigenvalue weighted by atomic mass is 16.5. The lowest BCUT2D eigenvalue weighted by molar-refractivity contribution is -0.138. The fraction of sp³-hybridized carbons (Fsp3) is 0.263. The van der Waals surface area contributed by atoms with E-state index >= 15 is 0 Å². The summed E-state index contributed by atoms with van der Waals surface area (Å²) in [6, 6.07) is 12.9. The van der Waals surface area contributed by atoms with Crippen molar-refractivity contribution >= 4 is 17.6 Å². The van der Waals surface area contributed by atoms with E-state index in [2.05, 4.69) is 5.32 Å². The summed E-state index contributed by atoms with van der Waals surface area (Å²) in [6.45, 7) is 0.667. The Labute approximate surface area is 139 Å². The van der Waals surface area contributed by atoms with Gasteiger partial charge in [0, 0.05) is 17.7 Å². The first-order chi connectivity index (χ1) is 11.6. The zero-order valence-corrected chi connectivity index (χ0v) is 13.0. The number of hydrogen-bond donors (Lipinski definition) is 2. The zero-order valence-electron chi connectivity index (χ0n) is 13.0. The molecule has 0 saturated heterocycles. The normalized spacial score (nSPS) is 20.8. The molecule has 2 aliphatic rings. The number of aliphatic carboxylic acids is 1. The van der Waals surface area contributed by atoms with Gasteiger partial charge >= 0.3 is 5.97 Å². The van der Waals surface area contributed by atoms with E-state index in [4.69, 9.17) is 9.84 Å². The van der Waals surface area contributed by atoms with Crippen molar-refractivity contribution in [3.05, 3.63) is 59.2 Å². The molecule has 1 heterocycles. The Morgan fingerprint density at radius 1 is 1.12 bits per heavy atom. The number of anilines is 1. The summed E-state index contributed by atoms with van der Waals surface area (Å²) in [5.41, 5.74) is 3.38. The number of ether oxygens (including phenoxy) is 1. The highest BCUT2D eigenvalue weighted by Crippen LogP contribution is 2.47. The summed E-state index contributed by atoms with van der Waals surface area (Å²) in [7, 11) is 0. The largest absolute Gasteiger partial charge is 0.493 e. The zero-order chi connectivity index (χ0) is 16.7. The summed E-state index contributed by atoms with van der Waals surface area (Å²) < 4.78 is 5.44. The number of benzene rings is 2. The summed E-state index contributed by atoms with van der Waals surface area (Å²) in [5.74, 6) is -0.207. The van der Waals surface area contributed by atoms with Crippen LogP contribution in [-0.2, 0) is 11.2 Å². The number of carbonyl (C=O) groups is 2. The highest BCUT2D eigenvalue weighted by Gasteiger charge is 2.43. The van der Waals surface area contributed by atoms with Crippen LogP contribution in [0.15, 0.2) is 42.5 Å². The van der Waals surface area contributed by atoms with Gasteiger partial charge in [-0.3, -0.25) is 9.59 Å². The van der Waals surface area contributed by atoms with Crippen LogP contribution in [0.25, 0.3) is 0 Å². The lowest BCUT2D eigenvalue weighted by atomic mass is 10.1. The first-order valence-electron chi connectivity index (χ1n) is 8.01. The molecule has 2 N–H and O–H groups in total. The molecule has 5 heteroatoms. The minimum absolute atomic E-state index is 0.101. The molecule has 0 bridgehead atoms. The Hall–Kier alpha value is -2.82. The molecule has 2 aromatic carbocycles. The van der Waals surface area contributed by atoms with Crippen LogP contribution in [0.1, 0.15) is 33.8 Å². The molecule has 1 fully saturated rings. The maximum absolute atomic E-state index is 12.4. The van der Waals surface area contributed by atoms with Crippen molar-refractivity contribution < 1.29 is 19.4 Å². The van der Waals surface area contributed by atoms with Crippen LogP contribution in [0.3, 0.4) is 0 Å². The fourth-order valence-electron chi connectivity index (χ4n) is 3.18. The number of amides is 1. The van der Waals surface area contributed by atoms with E-state index in [1.165, 1.54) is 0 Å². The van der Waals surface area contributed by atoms with Crippen molar-refractivity contribution in [1.29, 1.82) is 0 Å².